The van der Waals surface area contributed by atoms with Crippen LogP contribution in [0.4, 0.5) is 0 Å². The van der Waals surface area contributed by atoms with Crippen LogP contribution in [-0.2, 0) is 14.2 Å². The molecule has 0 aromatic rings. The summed E-state index contributed by atoms with van der Waals surface area (Å²) in [5, 5.41) is 11.1. The highest BCUT2D eigenvalue weighted by Gasteiger charge is 2.28. The molecule has 1 atom stereocenters. The first kappa shape index (κ1) is 25.3. The highest BCUT2D eigenvalue weighted by atomic mass is 31.2. The Kier molecular flexibility index (Phi) is 11.9. The van der Waals surface area contributed by atoms with Gasteiger partial charge in [-0.05, 0) is 53.4 Å². The number of carboxylic acids is 1. The Balaban J connectivity index is 4.39. The molecular formula is C19H32NO6P. The van der Waals surface area contributed by atoms with Crippen molar-refractivity contribution in [2.24, 2.45) is 0 Å². The molecule has 0 unspecified atom stereocenters. The average molecular weight is 401 g/mol. The van der Waals surface area contributed by atoms with Gasteiger partial charge in [0, 0.05) is 6.42 Å². The molecule has 1 amide bonds. The first-order valence-corrected chi connectivity index (χ1v) is 10.7. The summed E-state index contributed by atoms with van der Waals surface area (Å²) in [5.74, 6) is -2.05. The Morgan fingerprint density at radius 1 is 0.963 bits per heavy atom. The van der Waals surface area contributed by atoms with E-state index in [0.717, 1.165) is 31.3 Å². The van der Waals surface area contributed by atoms with Crippen molar-refractivity contribution >= 4 is 19.5 Å². The van der Waals surface area contributed by atoms with Gasteiger partial charge in [0.25, 0.3) is 0 Å². The average Bonchev–Trinajstić information content (AvgIpc) is 2.50. The van der Waals surface area contributed by atoms with E-state index in [9.17, 15) is 14.2 Å². The fourth-order valence-electron chi connectivity index (χ4n) is 2.28. The predicted molar refractivity (Wildman–Crippen MR) is 107 cm³/mol. The van der Waals surface area contributed by atoms with Crippen LogP contribution in [0.25, 0.3) is 0 Å². The lowest BCUT2D eigenvalue weighted by molar-refractivity contribution is -0.141. The molecule has 0 fully saturated rings. The Morgan fingerprint density at radius 2 is 1.48 bits per heavy atom. The predicted octanol–water partition coefficient (Wildman–Crippen LogP) is 3.54. The molecule has 4 N–H and O–H groups in total. The molecule has 0 rings (SSSR count). The van der Waals surface area contributed by atoms with Gasteiger partial charge in [-0.25, -0.2) is 4.79 Å². The summed E-state index contributed by atoms with van der Waals surface area (Å²) in [4.78, 5) is 40.5. The molecule has 0 bridgehead atoms. The van der Waals surface area contributed by atoms with Crippen LogP contribution in [0.5, 0.6) is 0 Å². The van der Waals surface area contributed by atoms with Crippen LogP contribution in [0.2, 0.25) is 0 Å². The van der Waals surface area contributed by atoms with Crippen LogP contribution < -0.4 is 5.32 Å². The minimum Gasteiger partial charge on any atom is -0.480 e. The highest BCUT2D eigenvalue weighted by Crippen LogP contribution is 2.34. The summed E-state index contributed by atoms with van der Waals surface area (Å²) in [6, 6.07) is -1.60. The second kappa shape index (κ2) is 12.7. The topological polar surface area (TPSA) is 124 Å². The van der Waals surface area contributed by atoms with Crippen LogP contribution in [0.15, 0.2) is 34.9 Å². The zero-order valence-electron chi connectivity index (χ0n) is 16.6. The summed E-state index contributed by atoms with van der Waals surface area (Å²) in [6.07, 6.45) is 8.84. The SMILES string of the molecule is CC(C)=CCC/C(C)=C/CC/C(C)=C/CC(=O)N[C@H](CP(=O)(O)O)C(=O)O. The summed E-state index contributed by atoms with van der Waals surface area (Å²) in [6.45, 7) is 8.14. The van der Waals surface area contributed by atoms with E-state index in [-0.39, 0.29) is 6.42 Å². The highest BCUT2D eigenvalue weighted by molar-refractivity contribution is 7.51. The summed E-state index contributed by atoms with van der Waals surface area (Å²) < 4.78 is 10.9. The Morgan fingerprint density at radius 3 is 1.96 bits per heavy atom. The molecule has 8 heteroatoms. The van der Waals surface area contributed by atoms with Crippen LogP contribution in [0, 0.1) is 0 Å². The third kappa shape index (κ3) is 15.1. The van der Waals surface area contributed by atoms with E-state index in [1.807, 2.05) is 6.92 Å². The van der Waals surface area contributed by atoms with Crippen LogP contribution in [-0.4, -0.2) is 39.0 Å². The van der Waals surface area contributed by atoms with Gasteiger partial charge in [0.05, 0.1) is 6.16 Å². The molecule has 0 aliphatic heterocycles. The maximum Gasteiger partial charge on any atom is 0.328 e. The molecule has 0 radical (unpaired) electrons. The number of carbonyl (C=O) groups is 2. The van der Waals surface area contributed by atoms with Crippen molar-refractivity contribution in [1.29, 1.82) is 0 Å². The van der Waals surface area contributed by atoms with Gasteiger partial charge in [-0.15, -0.1) is 0 Å². The van der Waals surface area contributed by atoms with Gasteiger partial charge in [0.2, 0.25) is 5.91 Å². The number of hydrogen-bond donors (Lipinski definition) is 4. The third-order valence-electron chi connectivity index (χ3n) is 3.81. The molecule has 27 heavy (non-hydrogen) atoms. The van der Waals surface area contributed by atoms with Crippen LogP contribution >= 0.6 is 7.60 Å². The number of allylic oxidation sites excluding steroid dienone is 5. The van der Waals surface area contributed by atoms with E-state index < -0.39 is 31.7 Å². The largest absolute Gasteiger partial charge is 0.480 e. The number of carboxylic acid groups (broad SMARTS) is 1. The number of nitrogens with one attached hydrogen (secondary N) is 1. The number of aliphatic carboxylic acids is 1. The van der Waals surface area contributed by atoms with Gasteiger partial charge in [-0.3, -0.25) is 9.36 Å². The molecule has 0 aromatic carbocycles. The molecule has 0 aliphatic carbocycles. The zero-order valence-corrected chi connectivity index (χ0v) is 17.5. The van der Waals surface area contributed by atoms with Crippen molar-refractivity contribution in [2.75, 3.05) is 6.16 Å². The Labute approximate surface area is 161 Å². The second-order valence-corrected chi connectivity index (χ2v) is 8.66. The van der Waals surface area contributed by atoms with E-state index in [0.29, 0.717) is 0 Å². The van der Waals surface area contributed by atoms with Gasteiger partial charge >= 0.3 is 13.6 Å². The molecule has 0 saturated carbocycles. The van der Waals surface area contributed by atoms with Crippen molar-refractivity contribution in [2.45, 2.75) is 65.8 Å². The lowest BCUT2D eigenvalue weighted by Gasteiger charge is -2.14. The lowest BCUT2D eigenvalue weighted by Crippen LogP contribution is -2.43. The molecule has 0 saturated heterocycles. The van der Waals surface area contributed by atoms with E-state index in [2.05, 4.69) is 38.2 Å². The standard InChI is InChI=1S/C19H32NO6P/c1-14(2)7-5-8-15(3)9-6-10-16(4)11-12-18(21)20-17(19(22)23)13-27(24,25)26/h7,9,11,17H,5-6,8,10,12-13H2,1-4H3,(H,20,21)(H,22,23)(H2,24,25,26)/b15-9+,16-11+/t17-/m1/s1. The van der Waals surface area contributed by atoms with Gasteiger partial charge in [-0.2, -0.15) is 0 Å². The quantitative estimate of drug-likeness (QED) is 0.293. The van der Waals surface area contributed by atoms with Gasteiger partial charge < -0.3 is 20.2 Å². The first-order chi connectivity index (χ1) is 12.4. The maximum absolute atomic E-state index is 11.8. The van der Waals surface area contributed by atoms with Crippen LogP contribution in [0.3, 0.4) is 0 Å². The molecule has 154 valence electrons. The molecule has 7 nitrogen and oxygen atoms in total. The minimum absolute atomic E-state index is 0.0277. The maximum atomic E-state index is 11.8. The minimum atomic E-state index is -4.53. The van der Waals surface area contributed by atoms with Crippen molar-refractivity contribution < 1.29 is 29.0 Å². The Hall–Kier alpha value is -1.69. The number of rotatable bonds is 12. The summed E-state index contributed by atoms with van der Waals surface area (Å²) >= 11 is 0. The molecule has 0 spiro atoms. The summed E-state index contributed by atoms with van der Waals surface area (Å²) in [5.41, 5.74) is 3.63. The van der Waals surface area contributed by atoms with Gasteiger partial charge in [-0.1, -0.05) is 34.9 Å². The van der Waals surface area contributed by atoms with Crippen molar-refractivity contribution in [3.05, 3.63) is 34.9 Å². The van der Waals surface area contributed by atoms with E-state index >= 15 is 0 Å². The third-order valence-corrected chi connectivity index (χ3v) is 4.65. The molecular weight excluding hydrogens is 369 g/mol. The van der Waals surface area contributed by atoms with Crippen molar-refractivity contribution in [3.8, 4) is 0 Å². The zero-order chi connectivity index (χ0) is 21.0. The number of amides is 1. The molecule has 0 aromatic heterocycles. The van der Waals surface area contributed by atoms with E-state index in [1.165, 1.54) is 11.1 Å². The van der Waals surface area contributed by atoms with Gasteiger partial charge in [0.15, 0.2) is 0 Å². The smallest absolute Gasteiger partial charge is 0.328 e. The van der Waals surface area contributed by atoms with Crippen molar-refractivity contribution in [1.82, 2.24) is 5.32 Å². The number of carbonyl (C=O) groups excluding carboxylic acids is 1. The molecule has 0 heterocycles. The second-order valence-electron chi connectivity index (χ2n) is 6.97. The summed E-state index contributed by atoms with van der Waals surface area (Å²) in [7, 11) is -4.53. The van der Waals surface area contributed by atoms with Crippen molar-refractivity contribution in [3.63, 3.8) is 0 Å². The van der Waals surface area contributed by atoms with E-state index in [1.54, 1.807) is 6.08 Å². The normalized spacial score (nSPS) is 13.9. The molecule has 0 aliphatic rings. The van der Waals surface area contributed by atoms with Gasteiger partial charge in [0.1, 0.15) is 6.04 Å². The number of hydrogen-bond acceptors (Lipinski definition) is 3. The fraction of sp³-hybridized carbons (Fsp3) is 0.579. The van der Waals surface area contributed by atoms with E-state index in [4.69, 9.17) is 14.9 Å². The first-order valence-electron chi connectivity index (χ1n) is 8.92. The lowest BCUT2D eigenvalue weighted by atomic mass is 10.1. The van der Waals surface area contributed by atoms with Crippen LogP contribution in [0.1, 0.15) is 59.8 Å². The monoisotopic (exact) mass is 401 g/mol. The fourth-order valence-corrected chi connectivity index (χ4v) is 3.01. The Bertz CT molecular complexity index is 641.